The van der Waals surface area contributed by atoms with Gasteiger partial charge in [0.05, 0.1) is 26.4 Å². The third-order valence-electron chi connectivity index (χ3n) is 12.0. The van der Waals surface area contributed by atoms with Crippen LogP contribution in [0.5, 0.6) is 0 Å². The van der Waals surface area contributed by atoms with E-state index >= 15 is 0 Å². The van der Waals surface area contributed by atoms with Crippen LogP contribution in [0.4, 0.5) is 0 Å². The Morgan fingerprint density at radius 1 is 0.652 bits per heavy atom. The molecule has 2 N–H and O–H groups in total. The normalized spacial score (nSPS) is 35.1. The Hall–Kier alpha value is 1.26. The molecule has 0 aromatic rings. The van der Waals surface area contributed by atoms with Gasteiger partial charge in [-0.1, -0.05) is 79.1 Å². The zero-order valence-electron chi connectivity index (χ0n) is 28.3. The SMILES string of the molecule is CCCCC(CC)CC(C)(C1(C2(OC3(C4(C(C)(CC(CC)CCCC)S(=O)(=O)O)CCO4)CCO3)CCO2)CCO1)S(=O)(=O)O.[KH]. The number of rotatable bonds is 20. The van der Waals surface area contributed by atoms with Crippen LogP contribution < -0.4 is 0 Å². The Morgan fingerprint density at radius 3 is 1.13 bits per heavy atom. The summed E-state index contributed by atoms with van der Waals surface area (Å²) in [5, 5.41) is 0. The summed E-state index contributed by atoms with van der Waals surface area (Å²) in [5.74, 6) is -3.31. The predicted molar refractivity (Wildman–Crippen MR) is 177 cm³/mol. The van der Waals surface area contributed by atoms with Crippen molar-refractivity contribution in [3.05, 3.63) is 0 Å². The molecule has 4 aliphatic heterocycles. The van der Waals surface area contributed by atoms with Crippen LogP contribution in [-0.2, 0) is 43.9 Å². The van der Waals surface area contributed by atoms with Crippen LogP contribution in [0.3, 0.4) is 0 Å². The predicted octanol–water partition coefficient (Wildman–Crippen LogP) is 5.41. The molecule has 11 nitrogen and oxygen atoms in total. The van der Waals surface area contributed by atoms with Crippen LogP contribution >= 0.6 is 0 Å². The van der Waals surface area contributed by atoms with Crippen molar-refractivity contribution in [3.63, 3.8) is 0 Å². The first-order valence-electron chi connectivity index (χ1n) is 17.2. The summed E-state index contributed by atoms with van der Waals surface area (Å²) in [5.41, 5.74) is -3.16. The summed E-state index contributed by atoms with van der Waals surface area (Å²) in [7, 11) is -9.43. The van der Waals surface area contributed by atoms with Crippen molar-refractivity contribution in [2.75, 3.05) is 26.4 Å². The Kier molecular flexibility index (Phi) is 14.0. The Balaban J connectivity index is 0.00000576. The van der Waals surface area contributed by atoms with Crippen LogP contribution in [0.25, 0.3) is 0 Å². The molecule has 4 aliphatic rings. The van der Waals surface area contributed by atoms with E-state index in [0.29, 0.717) is 0 Å². The number of ether oxygens (including phenoxy) is 5. The van der Waals surface area contributed by atoms with Crippen molar-refractivity contribution in [2.24, 2.45) is 11.8 Å². The van der Waals surface area contributed by atoms with Gasteiger partial charge in [-0.2, -0.15) is 16.8 Å². The molecular weight excluding hydrogens is 664 g/mol. The Labute approximate surface area is 320 Å². The van der Waals surface area contributed by atoms with Gasteiger partial charge in [0.1, 0.15) is 20.7 Å². The maximum absolute atomic E-state index is 13.4. The summed E-state index contributed by atoms with van der Waals surface area (Å²) in [6.45, 7) is 12.3. The molecule has 0 aromatic carbocycles. The third-order valence-corrected chi connectivity index (χ3v) is 15.3. The first kappa shape index (κ1) is 41.7. The van der Waals surface area contributed by atoms with Crippen LogP contribution in [0.1, 0.15) is 131 Å². The summed E-state index contributed by atoms with van der Waals surface area (Å²) >= 11 is 0. The van der Waals surface area contributed by atoms with Crippen molar-refractivity contribution in [1.82, 2.24) is 0 Å². The second-order valence-corrected chi connectivity index (χ2v) is 18.0. The molecule has 4 rings (SSSR count). The zero-order valence-corrected chi connectivity index (χ0v) is 29.9. The molecular formula is C32H59KO11S2. The van der Waals surface area contributed by atoms with Crippen molar-refractivity contribution >= 4 is 71.6 Å². The van der Waals surface area contributed by atoms with Gasteiger partial charge in [-0.15, -0.1) is 0 Å². The molecule has 0 aromatic heterocycles. The summed E-state index contributed by atoms with van der Waals surface area (Å²) in [6.07, 6.45) is 8.12. The van der Waals surface area contributed by atoms with E-state index in [2.05, 4.69) is 13.8 Å². The summed E-state index contributed by atoms with van der Waals surface area (Å²) in [6, 6.07) is 0. The molecule has 4 heterocycles. The van der Waals surface area contributed by atoms with Gasteiger partial charge in [0.25, 0.3) is 20.2 Å². The van der Waals surface area contributed by atoms with Crippen LogP contribution in [0.2, 0.25) is 0 Å². The minimum absolute atomic E-state index is 0. The van der Waals surface area contributed by atoms with Crippen molar-refractivity contribution in [1.29, 1.82) is 0 Å². The molecule has 4 saturated heterocycles. The van der Waals surface area contributed by atoms with Gasteiger partial charge >= 0.3 is 51.4 Å². The zero-order chi connectivity index (χ0) is 33.4. The fourth-order valence-corrected chi connectivity index (χ4v) is 11.0. The molecule has 0 amide bonds. The Morgan fingerprint density at radius 2 is 0.957 bits per heavy atom. The van der Waals surface area contributed by atoms with E-state index in [-0.39, 0.29) is 128 Å². The molecule has 4 fully saturated rings. The first-order valence-corrected chi connectivity index (χ1v) is 20.1. The van der Waals surface area contributed by atoms with Crippen molar-refractivity contribution in [3.8, 4) is 0 Å². The monoisotopic (exact) mass is 722 g/mol. The summed E-state index contributed by atoms with van der Waals surface area (Å²) < 4.78 is 104. The fourth-order valence-electron chi connectivity index (χ4n) is 8.60. The van der Waals surface area contributed by atoms with Gasteiger partial charge in [-0.25, -0.2) is 0 Å². The van der Waals surface area contributed by atoms with E-state index < -0.39 is 52.5 Å². The van der Waals surface area contributed by atoms with Crippen molar-refractivity contribution < 1.29 is 49.6 Å². The van der Waals surface area contributed by atoms with E-state index in [0.717, 1.165) is 51.4 Å². The van der Waals surface area contributed by atoms with Gasteiger partial charge in [-0.05, 0) is 38.5 Å². The molecule has 0 spiro atoms. The molecule has 8 unspecified atom stereocenters. The minimum atomic E-state index is -4.72. The standard InChI is InChI=1S/C32H58O11S2.K.H/c1-7-11-13-25(9-3)23-27(5,44(33,34)35)29(15-19-39-29)31(17-21-41-31)43-32(18-22-42-32)30(16-20-40-30)28(6,45(36,37)38)24-26(10-4)14-12-8-2;;/h25-26H,7-24H2,1-6H3,(H,33,34,35)(H,36,37,38);;. The van der Waals surface area contributed by atoms with E-state index in [1.807, 2.05) is 13.8 Å². The van der Waals surface area contributed by atoms with E-state index in [1.165, 1.54) is 13.8 Å². The molecule has 14 heteroatoms. The second-order valence-electron chi connectivity index (χ2n) is 14.3. The van der Waals surface area contributed by atoms with Crippen LogP contribution in [0.15, 0.2) is 0 Å². The first-order chi connectivity index (χ1) is 21.0. The maximum atomic E-state index is 13.4. The van der Waals surface area contributed by atoms with E-state index in [4.69, 9.17) is 23.7 Å². The molecule has 0 aliphatic carbocycles. The summed E-state index contributed by atoms with van der Waals surface area (Å²) in [4.78, 5) is 0. The average molecular weight is 723 g/mol. The van der Waals surface area contributed by atoms with Gasteiger partial charge in [-0.3, -0.25) is 9.11 Å². The quantitative estimate of drug-likeness (QED) is 0.122. The molecule has 8 atom stereocenters. The van der Waals surface area contributed by atoms with Gasteiger partial charge in [0.2, 0.25) is 11.6 Å². The molecule has 0 bridgehead atoms. The van der Waals surface area contributed by atoms with Gasteiger partial charge in [0, 0.05) is 25.7 Å². The van der Waals surface area contributed by atoms with Gasteiger partial charge < -0.3 is 23.7 Å². The van der Waals surface area contributed by atoms with Gasteiger partial charge in [0.15, 0.2) is 0 Å². The van der Waals surface area contributed by atoms with E-state index in [9.17, 15) is 25.9 Å². The molecule has 0 saturated carbocycles. The Bertz CT molecular complexity index is 1130. The van der Waals surface area contributed by atoms with Crippen LogP contribution in [0, 0.1) is 11.8 Å². The third kappa shape index (κ3) is 6.67. The fraction of sp³-hybridized carbons (Fsp3) is 1.00. The molecule has 46 heavy (non-hydrogen) atoms. The number of hydrogen-bond donors (Lipinski definition) is 2. The molecule has 266 valence electrons. The average Bonchev–Trinajstić information content (AvgIpc) is 2.87. The second kappa shape index (κ2) is 15.5. The number of unbranched alkanes of at least 4 members (excludes halogenated alkanes) is 2. The van der Waals surface area contributed by atoms with E-state index in [1.54, 1.807) is 0 Å². The van der Waals surface area contributed by atoms with Crippen molar-refractivity contribution in [2.45, 2.75) is 164 Å². The topological polar surface area (TPSA) is 155 Å². The molecule has 0 radical (unpaired) electrons. The van der Waals surface area contributed by atoms with Crippen LogP contribution in [-0.4, -0.2) is 136 Å². The number of hydrogen-bond acceptors (Lipinski definition) is 9.